The third-order valence-electron chi connectivity index (χ3n) is 6.43. The molecular weight excluding hydrogens is 444 g/mol. The first-order valence-electron chi connectivity index (χ1n) is 11.3. The smallest absolute Gasteiger partial charge is 0.174 e. The number of thioether (sulfide) groups is 1. The standard InChI is InChI=1S/C29H23ClN2S/c30-24-16-14-21(15-17-24)26-19-33-29-31-27-23(18-20-8-3-1-4-9-20)12-7-13-25(27)28(32(26)29)22-10-5-2-6-11-22/h1-6,8-11,14-19,28H,7,12-13H2. The monoisotopic (exact) mass is 466 g/mol. The summed E-state index contributed by atoms with van der Waals surface area (Å²) in [6.45, 7) is 0. The molecule has 0 N–H and O–H groups in total. The van der Waals surface area contributed by atoms with Crippen molar-refractivity contribution >= 4 is 40.3 Å². The molecule has 4 heteroatoms. The Hall–Kier alpha value is -3.01. The van der Waals surface area contributed by atoms with E-state index in [-0.39, 0.29) is 6.04 Å². The predicted molar refractivity (Wildman–Crippen MR) is 141 cm³/mol. The lowest BCUT2D eigenvalue weighted by Crippen LogP contribution is -2.34. The molecule has 0 bridgehead atoms. The molecule has 0 spiro atoms. The Bertz CT molecular complexity index is 1300. The van der Waals surface area contributed by atoms with Gasteiger partial charge in [0.25, 0.3) is 0 Å². The number of nitrogens with zero attached hydrogens (tertiary/aromatic N) is 2. The third kappa shape index (κ3) is 3.86. The topological polar surface area (TPSA) is 15.6 Å². The zero-order valence-corrected chi connectivity index (χ0v) is 19.7. The van der Waals surface area contributed by atoms with Crippen LogP contribution in [0.4, 0.5) is 0 Å². The Labute approximate surface area is 204 Å². The van der Waals surface area contributed by atoms with Gasteiger partial charge in [-0.2, -0.15) is 0 Å². The molecule has 3 aliphatic rings. The number of allylic oxidation sites excluding steroid dienone is 1. The zero-order chi connectivity index (χ0) is 22.2. The molecule has 0 fully saturated rings. The summed E-state index contributed by atoms with van der Waals surface area (Å²) in [6.07, 6.45) is 5.59. The molecule has 1 unspecified atom stereocenters. The van der Waals surface area contributed by atoms with Gasteiger partial charge in [0.2, 0.25) is 0 Å². The highest BCUT2D eigenvalue weighted by Crippen LogP contribution is 2.51. The summed E-state index contributed by atoms with van der Waals surface area (Å²) in [5.74, 6) is 0. The Morgan fingerprint density at radius 3 is 2.36 bits per heavy atom. The van der Waals surface area contributed by atoms with Gasteiger partial charge in [-0.25, -0.2) is 4.99 Å². The van der Waals surface area contributed by atoms with Crippen molar-refractivity contribution < 1.29 is 0 Å². The molecular formula is C29H23ClN2S. The maximum absolute atomic E-state index is 6.18. The van der Waals surface area contributed by atoms with Crippen molar-refractivity contribution in [1.82, 2.24) is 4.90 Å². The molecule has 0 radical (unpaired) electrons. The molecule has 1 atom stereocenters. The van der Waals surface area contributed by atoms with Gasteiger partial charge in [0.15, 0.2) is 5.17 Å². The zero-order valence-electron chi connectivity index (χ0n) is 18.1. The van der Waals surface area contributed by atoms with E-state index in [1.165, 1.54) is 33.7 Å². The van der Waals surface area contributed by atoms with Crippen LogP contribution in [0.15, 0.2) is 112 Å². The SMILES string of the molecule is Clc1ccc(C2=CSC3=NC4=C(CCCC4=Cc4ccccc4)C(c4ccccc4)N23)cc1. The lowest BCUT2D eigenvalue weighted by Gasteiger charge is -2.40. The molecule has 3 aromatic rings. The van der Waals surface area contributed by atoms with Crippen molar-refractivity contribution in [2.75, 3.05) is 0 Å². The Morgan fingerprint density at radius 1 is 0.879 bits per heavy atom. The van der Waals surface area contributed by atoms with Crippen molar-refractivity contribution in [3.63, 3.8) is 0 Å². The fourth-order valence-electron chi connectivity index (χ4n) is 4.93. The van der Waals surface area contributed by atoms with Gasteiger partial charge in [0.05, 0.1) is 17.4 Å². The minimum atomic E-state index is 0.144. The normalized spacial score (nSPS) is 20.9. The van der Waals surface area contributed by atoms with Crippen LogP contribution in [0, 0.1) is 0 Å². The van der Waals surface area contributed by atoms with E-state index in [4.69, 9.17) is 16.6 Å². The number of amidine groups is 1. The molecule has 1 aliphatic carbocycles. The fourth-order valence-corrected chi connectivity index (χ4v) is 5.99. The van der Waals surface area contributed by atoms with E-state index in [1.54, 1.807) is 11.8 Å². The van der Waals surface area contributed by atoms with Gasteiger partial charge in [0.1, 0.15) is 0 Å². The van der Waals surface area contributed by atoms with E-state index < -0.39 is 0 Å². The summed E-state index contributed by atoms with van der Waals surface area (Å²) in [6, 6.07) is 29.7. The molecule has 0 saturated heterocycles. The highest BCUT2D eigenvalue weighted by Gasteiger charge is 2.40. The summed E-state index contributed by atoms with van der Waals surface area (Å²) in [4.78, 5) is 7.68. The highest BCUT2D eigenvalue weighted by molar-refractivity contribution is 8.16. The highest BCUT2D eigenvalue weighted by atomic mass is 35.5. The maximum Gasteiger partial charge on any atom is 0.174 e. The van der Waals surface area contributed by atoms with Crippen LogP contribution in [-0.4, -0.2) is 10.1 Å². The van der Waals surface area contributed by atoms with Crippen molar-refractivity contribution in [2.45, 2.75) is 25.3 Å². The van der Waals surface area contributed by atoms with Crippen LogP contribution < -0.4 is 0 Å². The van der Waals surface area contributed by atoms with Crippen LogP contribution in [0.5, 0.6) is 0 Å². The molecule has 33 heavy (non-hydrogen) atoms. The van der Waals surface area contributed by atoms with Crippen molar-refractivity contribution in [3.05, 3.63) is 129 Å². The summed E-state index contributed by atoms with van der Waals surface area (Å²) < 4.78 is 0. The van der Waals surface area contributed by atoms with E-state index in [2.05, 4.69) is 89.2 Å². The Kier molecular flexibility index (Phi) is 5.45. The summed E-state index contributed by atoms with van der Waals surface area (Å²) in [7, 11) is 0. The molecule has 0 amide bonds. The molecule has 2 aliphatic heterocycles. The van der Waals surface area contributed by atoms with Gasteiger partial charge < -0.3 is 4.90 Å². The summed E-state index contributed by atoms with van der Waals surface area (Å²) in [5, 5.41) is 4.04. The van der Waals surface area contributed by atoms with Gasteiger partial charge in [0, 0.05) is 10.4 Å². The molecule has 2 heterocycles. The molecule has 0 saturated carbocycles. The van der Waals surface area contributed by atoms with Crippen molar-refractivity contribution in [3.8, 4) is 0 Å². The van der Waals surface area contributed by atoms with E-state index in [0.717, 1.165) is 35.0 Å². The number of hydrogen-bond donors (Lipinski definition) is 0. The Morgan fingerprint density at radius 2 is 1.61 bits per heavy atom. The first kappa shape index (κ1) is 20.6. The second kappa shape index (κ2) is 8.74. The average Bonchev–Trinajstić information content (AvgIpc) is 3.28. The van der Waals surface area contributed by atoms with E-state index >= 15 is 0 Å². The first-order valence-corrected chi connectivity index (χ1v) is 12.6. The Balaban J connectivity index is 1.49. The van der Waals surface area contributed by atoms with Crippen LogP contribution in [0.2, 0.25) is 5.02 Å². The molecule has 162 valence electrons. The number of fused-ring (bicyclic) bond motifs is 1. The van der Waals surface area contributed by atoms with Gasteiger partial charge in [-0.05, 0) is 65.3 Å². The van der Waals surface area contributed by atoms with Crippen LogP contribution >= 0.6 is 23.4 Å². The van der Waals surface area contributed by atoms with Crippen LogP contribution in [-0.2, 0) is 0 Å². The van der Waals surface area contributed by atoms with Crippen LogP contribution in [0.1, 0.15) is 42.0 Å². The second-order valence-corrected chi connectivity index (χ2v) is 9.79. The largest absolute Gasteiger partial charge is 0.308 e. The van der Waals surface area contributed by atoms with E-state index in [1.807, 2.05) is 12.1 Å². The maximum atomic E-state index is 6.18. The predicted octanol–water partition coefficient (Wildman–Crippen LogP) is 8.32. The number of hydrogen-bond acceptors (Lipinski definition) is 3. The van der Waals surface area contributed by atoms with Crippen LogP contribution in [0.25, 0.3) is 11.8 Å². The third-order valence-corrected chi connectivity index (χ3v) is 7.53. The van der Waals surface area contributed by atoms with Gasteiger partial charge in [-0.3, -0.25) is 0 Å². The van der Waals surface area contributed by atoms with Crippen molar-refractivity contribution in [1.29, 1.82) is 0 Å². The van der Waals surface area contributed by atoms with Gasteiger partial charge in [-0.1, -0.05) is 96.2 Å². The van der Waals surface area contributed by atoms with Crippen LogP contribution in [0.3, 0.4) is 0 Å². The lowest BCUT2D eigenvalue weighted by molar-refractivity contribution is 0.458. The molecule has 6 rings (SSSR count). The van der Waals surface area contributed by atoms with Crippen molar-refractivity contribution in [2.24, 2.45) is 4.99 Å². The van der Waals surface area contributed by atoms with E-state index in [9.17, 15) is 0 Å². The summed E-state index contributed by atoms with van der Waals surface area (Å²) >= 11 is 7.89. The molecule has 3 aromatic carbocycles. The van der Waals surface area contributed by atoms with Gasteiger partial charge in [-0.15, -0.1) is 0 Å². The number of rotatable bonds is 3. The van der Waals surface area contributed by atoms with E-state index in [0.29, 0.717) is 0 Å². The minimum Gasteiger partial charge on any atom is -0.308 e. The first-order chi connectivity index (χ1) is 16.3. The second-order valence-electron chi connectivity index (χ2n) is 8.51. The minimum absolute atomic E-state index is 0.144. The fraction of sp³-hybridized carbons (Fsp3) is 0.138. The summed E-state index contributed by atoms with van der Waals surface area (Å²) in [5.41, 5.74) is 8.84. The molecule has 0 aromatic heterocycles. The number of benzene rings is 3. The number of aliphatic imine (C=N–C) groups is 1. The molecule has 2 nitrogen and oxygen atoms in total. The van der Waals surface area contributed by atoms with Gasteiger partial charge >= 0.3 is 0 Å². The average molecular weight is 467 g/mol. The number of halogens is 1. The quantitative estimate of drug-likeness (QED) is 0.385. The lowest BCUT2D eigenvalue weighted by atomic mass is 9.83.